The van der Waals surface area contributed by atoms with E-state index in [9.17, 15) is 14.9 Å². The summed E-state index contributed by atoms with van der Waals surface area (Å²) in [7, 11) is 0. The van der Waals surface area contributed by atoms with Gasteiger partial charge in [0.2, 0.25) is 12.7 Å². The first-order valence-corrected chi connectivity index (χ1v) is 6.43. The first-order valence-electron chi connectivity index (χ1n) is 6.43. The van der Waals surface area contributed by atoms with E-state index in [4.69, 9.17) is 9.47 Å². The number of nitro groups is 1. The molecule has 1 amide bonds. The number of rotatable bonds is 4. The highest BCUT2D eigenvalue weighted by Gasteiger charge is 2.20. The monoisotopic (exact) mass is 304 g/mol. The van der Waals surface area contributed by atoms with E-state index < -0.39 is 11.0 Å². The number of benzene rings is 1. The summed E-state index contributed by atoms with van der Waals surface area (Å²) in [6.07, 6.45) is 2.31. The summed E-state index contributed by atoms with van der Waals surface area (Å²) < 4.78 is 11.7. The molecule has 0 bridgehead atoms. The molecular formula is C13H12N4O5. The first kappa shape index (κ1) is 13.9. The predicted molar refractivity (Wildman–Crippen MR) is 74.8 cm³/mol. The quantitative estimate of drug-likeness (QED) is 0.680. The fourth-order valence-electron chi connectivity index (χ4n) is 1.98. The molecule has 1 aliphatic rings. The highest BCUT2D eigenvalue weighted by atomic mass is 16.7. The van der Waals surface area contributed by atoms with Gasteiger partial charge < -0.3 is 14.8 Å². The average molecular weight is 304 g/mol. The minimum Gasteiger partial charge on any atom is -0.454 e. The smallest absolute Gasteiger partial charge is 0.307 e. The zero-order valence-corrected chi connectivity index (χ0v) is 11.6. The molecule has 0 aliphatic carbocycles. The van der Waals surface area contributed by atoms with Crippen molar-refractivity contribution < 1.29 is 19.2 Å². The van der Waals surface area contributed by atoms with Gasteiger partial charge in [-0.15, -0.1) is 0 Å². The van der Waals surface area contributed by atoms with Crippen LogP contribution in [0.3, 0.4) is 0 Å². The molecule has 9 heteroatoms. The maximum Gasteiger partial charge on any atom is 0.307 e. The lowest BCUT2D eigenvalue weighted by atomic mass is 10.2. The summed E-state index contributed by atoms with van der Waals surface area (Å²) in [5.74, 6) is 0.825. The number of nitrogens with one attached hydrogen (secondary N) is 1. The lowest BCUT2D eigenvalue weighted by molar-refractivity contribution is -0.385. The summed E-state index contributed by atoms with van der Waals surface area (Å²) in [6.45, 7) is 1.75. The molecule has 0 radical (unpaired) electrons. The Morgan fingerprint density at radius 3 is 2.95 bits per heavy atom. The van der Waals surface area contributed by atoms with Crippen molar-refractivity contribution in [1.29, 1.82) is 0 Å². The Hall–Kier alpha value is -3.10. The van der Waals surface area contributed by atoms with Crippen LogP contribution in [0.15, 0.2) is 30.6 Å². The van der Waals surface area contributed by atoms with Crippen LogP contribution in [-0.4, -0.2) is 27.4 Å². The summed E-state index contributed by atoms with van der Waals surface area (Å²) in [5, 5.41) is 17.2. The lowest BCUT2D eigenvalue weighted by Gasteiger charge is -2.12. The van der Waals surface area contributed by atoms with Crippen LogP contribution >= 0.6 is 0 Å². The van der Waals surface area contributed by atoms with Gasteiger partial charge in [-0.25, -0.2) is 0 Å². The van der Waals surface area contributed by atoms with Gasteiger partial charge >= 0.3 is 5.69 Å². The number of carbonyl (C=O) groups is 1. The summed E-state index contributed by atoms with van der Waals surface area (Å²) in [6, 6.07) is 4.34. The van der Waals surface area contributed by atoms with Crippen LogP contribution in [0.25, 0.3) is 0 Å². The molecule has 9 nitrogen and oxygen atoms in total. The van der Waals surface area contributed by atoms with E-state index in [1.165, 1.54) is 10.9 Å². The SMILES string of the molecule is C[C@H](C(=O)Nc1ccc2c(c1)OCO2)n1cc([N+](=O)[O-])cn1. The molecule has 1 N–H and O–H groups in total. The number of amides is 1. The molecule has 3 rings (SSSR count). The lowest BCUT2D eigenvalue weighted by Crippen LogP contribution is -2.23. The Kier molecular flexibility index (Phi) is 3.37. The van der Waals surface area contributed by atoms with Crippen molar-refractivity contribution in [3.63, 3.8) is 0 Å². The minimum atomic E-state index is -0.695. The van der Waals surface area contributed by atoms with Gasteiger partial charge in [-0.05, 0) is 19.1 Å². The summed E-state index contributed by atoms with van der Waals surface area (Å²) in [5.41, 5.74) is 0.380. The molecule has 0 saturated heterocycles. The second-order valence-corrected chi connectivity index (χ2v) is 4.67. The van der Waals surface area contributed by atoms with Crippen molar-refractivity contribution in [2.24, 2.45) is 0 Å². The van der Waals surface area contributed by atoms with Gasteiger partial charge in [0.05, 0.1) is 4.92 Å². The molecular weight excluding hydrogens is 292 g/mol. The van der Waals surface area contributed by atoms with Crippen LogP contribution in [0, 0.1) is 10.1 Å². The second kappa shape index (κ2) is 5.35. The molecule has 1 aromatic heterocycles. The maximum absolute atomic E-state index is 12.2. The first-order chi connectivity index (χ1) is 10.5. The molecule has 1 aliphatic heterocycles. The van der Waals surface area contributed by atoms with Crippen molar-refractivity contribution in [3.05, 3.63) is 40.7 Å². The number of carbonyl (C=O) groups excluding carboxylic acids is 1. The molecule has 1 aromatic carbocycles. The largest absolute Gasteiger partial charge is 0.454 e. The molecule has 1 atom stereocenters. The van der Waals surface area contributed by atoms with E-state index in [0.717, 1.165) is 6.20 Å². The standard InChI is InChI=1S/C13H12N4O5/c1-8(16-6-10(5-14-16)17(19)20)13(18)15-9-2-3-11-12(4-9)22-7-21-11/h2-6,8H,7H2,1H3,(H,15,18)/t8-/m1/s1. The molecule has 0 saturated carbocycles. The topological polar surface area (TPSA) is 109 Å². The average Bonchev–Trinajstić information content (AvgIpc) is 3.15. The summed E-state index contributed by atoms with van der Waals surface area (Å²) >= 11 is 0. The number of ether oxygens (including phenoxy) is 2. The third-order valence-electron chi connectivity index (χ3n) is 3.22. The highest BCUT2D eigenvalue weighted by Crippen LogP contribution is 2.34. The molecule has 22 heavy (non-hydrogen) atoms. The zero-order valence-electron chi connectivity index (χ0n) is 11.6. The van der Waals surface area contributed by atoms with Crippen LogP contribution < -0.4 is 14.8 Å². The third-order valence-corrected chi connectivity index (χ3v) is 3.22. The number of fused-ring (bicyclic) bond motifs is 1. The normalized spacial score (nSPS) is 13.7. The fraction of sp³-hybridized carbons (Fsp3) is 0.231. The molecule has 0 unspecified atom stereocenters. The van der Waals surface area contributed by atoms with E-state index >= 15 is 0 Å². The van der Waals surface area contributed by atoms with E-state index in [-0.39, 0.29) is 18.4 Å². The van der Waals surface area contributed by atoms with Crippen molar-refractivity contribution in [1.82, 2.24) is 9.78 Å². The molecule has 114 valence electrons. The van der Waals surface area contributed by atoms with Gasteiger partial charge in [0, 0.05) is 11.8 Å². The number of anilines is 1. The number of nitrogens with zero attached hydrogens (tertiary/aromatic N) is 3. The second-order valence-electron chi connectivity index (χ2n) is 4.67. The Morgan fingerprint density at radius 2 is 2.23 bits per heavy atom. The number of hydrogen-bond donors (Lipinski definition) is 1. The minimum absolute atomic E-state index is 0.153. The van der Waals surface area contributed by atoms with Crippen LogP contribution in [0.2, 0.25) is 0 Å². The molecule has 0 fully saturated rings. The Bertz CT molecular complexity index is 742. The van der Waals surface area contributed by atoms with Gasteiger partial charge in [0.25, 0.3) is 0 Å². The molecule has 2 heterocycles. The van der Waals surface area contributed by atoms with Gasteiger partial charge in [-0.1, -0.05) is 0 Å². The Balaban J connectivity index is 1.71. The maximum atomic E-state index is 12.2. The van der Waals surface area contributed by atoms with Crippen molar-refractivity contribution in [2.75, 3.05) is 12.1 Å². The molecule has 2 aromatic rings. The van der Waals surface area contributed by atoms with E-state index in [0.29, 0.717) is 17.2 Å². The van der Waals surface area contributed by atoms with Crippen molar-refractivity contribution in [3.8, 4) is 11.5 Å². The van der Waals surface area contributed by atoms with E-state index in [1.54, 1.807) is 25.1 Å². The molecule has 0 spiro atoms. The van der Waals surface area contributed by atoms with Crippen LogP contribution in [0.4, 0.5) is 11.4 Å². The van der Waals surface area contributed by atoms with Gasteiger partial charge in [0.1, 0.15) is 18.4 Å². The number of hydrogen-bond acceptors (Lipinski definition) is 6. The van der Waals surface area contributed by atoms with Gasteiger partial charge in [-0.2, -0.15) is 5.10 Å². The van der Waals surface area contributed by atoms with E-state index in [1.807, 2.05) is 0 Å². The summed E-state index contributed by atoms with van der Waals surface area (Å²) in [4.78, 5) is 22.2. The third kappa shape index (κ3) is 2.55. The van der Waals surface area contributed by atoms with Crippen LogP contribution in [0.1, 0.15) is 13.0 Å². The number of aromatic nitrogens is 2. The van der Waals surface area contributed by atoms with Crippen LogP contribution in [-0.2, 0) is 4.79 Å². The highest BCUT2D eigenvalue weighted by molar-refractivity contribution is 5.93. The fourth-order valence-corrected chi connectivity index (χ4v) is 1.98. The van der Waals surface area contributed by atoms with Gasteiger partial charge in [-0.3, -0.25) is 19.6 Å². The Morgan fingerprint density at radius 1 is 1.45 bits per heavy atom. The Labute approximate surface area is 124 Å². The van der Waals surface area contributed by atoms with Crippen LogP contribution in [0.5, 0.6) is 11.5 Å². The van der Waals surface area contributed by atoms with Crippen molar-refractivity contribution in [2.45, 2.75) is 13.0 Å². The van der Waals surface area contributed by atoms with E-state index in [2.05, 4.69) is 10.4 Å². The predicted octanol–water partition coefficient (Wildman–Crippen LogP) is 1.72. The zero-order chi connectivity index (χ0) is 15.7. The van der Waals surface area contributed by atoms with Crippen molar-refractivity contribution >= 4 is 17.3 Å². The van der Waals surface area contributed by atoms with Gasteiger partial charge in [0.15, 0.2) is 11.5 Å².